The van der Waals surface area contributed by atoms with Crippen molar-refractivity contribution in [1.29, 1.82) is 0 Å². The van der Waals surface area contributed by atoms with E-state index in [0.29, 0.717) is 11.8 Å². The topological polar surface area (TPSA) is 0 Å². The third-order valence-corrected chi connectivity index (χ3v) is 6.05. The van der Waals surface area contributed by atoms with Gasteiger partial charge in [0.1, 0.15) is 0 Å². The Hall–Kier alpha value is -1.43. The Morgan fingerprint density at radius 3 is 1.36 bits per heavy atom. The number of alkyl halides is 1. The Bertz CT molecular complexity index is 714. The molecule has 3 aromatic carbocycles. The second-order valence-electron chi connectivity index (χ2n) is 6.58. The largest absolute Gasteiger partial charge is 0.153 e. The molecule has 0 amide bonds. The van der Waals surface area contributed by atoms with Crippen LogP contribution in [0.1, 0.15) is 36.5 Å². The van der Waals surface area contributed by atoms with E-state index in [1.807, 2.05) is 0 Å². The summed E-state index contributed by atoms with van der Waals surface area (Å²) in [7, 11) is 0. The summed E-state index contributed by atoms with van der Waals surface area (Å²) in [5.74, 6) is 0.802. The van der Waals surface area contributed by atoms with Gasteiger partial charge >= 0.3 is 0 Å². The minimum Gasteiger partial charge on any atom is -0.153 e. The van der Waals surface area contributed by atoms with Crippen molar-refractivity contribution in [1.82, 2.24) is 0 Å². The molecule has 0 aliphatic carbocycles. The van der Waals surface area contributed by atoms with Crippen molar-refractivity contribution in [3.8, 4) is 0 Å². The summed E-state index contributed by atoms with van der Waals surface area (Å²) in [5, 5.41) is 0. The Kier molecular flexibility index (Phi) is 6.99. The molecule has 0 spiro atoms. The van der Waals surface area contributed by atoms with Crippen molar-refractivity contribution in [3.05, 3.63) is 108 Å². The molecule has 2 atom stereocenters. The summed E-state index contributed by atoms with van der Waals surface area (Å²) < 4.78 is -0.259. The minimum absolute atomic E-state index is 0. The van der Waals surface area contributed by atoms with E-state index in [9.17, 15) is 0 Å². The SMILES string of the molecule is CC(C)C(c1ccccc1)C(Br)(c1ccccc1)c1ccccc1.P. The van der Waals surface area contributed by atoms with Crippen molar-refractivity contribution in [3.63, 3.8) is 0 Å². The molecule has 0 saturated carbocycles. The Morgan fingerprint density at radius 2 is 1.00 bits per heavy atom. The van der Waals surface area contributed by atoms with Crippen LogP contribution in [0.5, 0.6) is 0 Å². The lowest BCUT2D eigenvalue weighted by atomic mass is 9.72. The Labute approximate surface area is 163 Å². The first-order valence-electron chi connectivity index (χ1n) is 8.49. The van der Waals surface area contributed by atoms with Crippen molar-refractivity contribution in [2.24, 2.45) is 5.92 Å². The molecule has 0 aliphatic heterocycles. The molecule has 2 heteroatoms. The maximum Gasteiger partial charge on any atom is 0.0825 e. The van der Waals surface area contributed by atoms with E-state index in [2.05, 4.69) is 121 Å². The van der Waals surface area contributed by atoms with Gasteiger partial charge in [-0.1, -0.05) is 121 Å². The predicted molar refractivity (Wildman–Crippen MR) is 118 cm³/mol. The lowest BCUT2D eigenvalue weighted by Crippen LogP contribution is -2.32. The van der Waals surface area contributed by atoms with E-state index in [4.69, 9.17) is 0 Å². The van der Waals surface area contributed by atoms with Crippen LogP contribution in [-0.4, -0.2) is 0 Å². The van der Waals surface area contributed by atoms with Crippen molar-refractivity contribution in [2.45, 2.75) is 24.1 Å². The number of benzene rings is 3. The van der Waals surface area contributed by atoms with Gasteiger partial charge in [-0.3, -0.25) is 0 Å². The summed E-state index contributed by atoms with van der Waals surface area (Å²) in [5.41, 5.74) is 3.94. The quantitative estimate of drug-likeness (QED) is 0.318. The van der Waals surface area contributed by atoms with E-state index in [-0.39, 0.29) is 14.2 Å². The van der Waals surface area contributed by atoms with Gasteiger partial charge in [0.15, 0.2) is 0 Å². The second kappa shape index (κ2) is 8.79. The maximum atomic E-state index is 4.21. The fourth-order valence-corrected chi connectivity index (χ4v) is 4.94. The van der Waals surface area contributed by atoms with E-state index in [0.717, 1.165) is 0 Å². The van der Waals surface area contributed by atoms with Crippen LogP contribution in [0, 0.1) is 5.92 Å². The first-order chi connectivity index (χ1) is 11.6. The highest BCUT2D eigenvalue weighted by Gasteiger charge is 2.42. The monoisotopic (exact) mass is 412 g/mol. The van der Waals surface area contributed by atoms with Gasteiger partial charge in [-0.2, -0.15) is 9.90 Å². The number of halogens is 1. The van der Waals surface area contributed by atoms with E-state index in [1.54, 1.807) is 0 Å². The third kappa shape index (κ3) is 4.05. The molecule has 0 aliphatic rings. The lowest BCUT2D eigenvalue weighted by molar-refractivity contribution is 0.432. The molecule has 3 aromatic rings. The molecule has 130 valence electrons. The molecule has 0 nitrogen and oxygen atoms in total. The lowest BCUT2D eigenvalue weighted by Gasteiger charge is -2.40. The van der Waals surface area contributed by atoms with Crippen LogP contribution < -0.4 is 0 Å². The zero-order chi connectivity index (χ0) is 17.0. The molecule has 0 saturated heterocycles. The normalized spacial score (nSPS) is 12.5. The summed E-state index contributed by atoms with van der Waals surface area (Å²) in [4.78, 5) is 0. The summed E-state index contributed by atoms with van der Waals surface area (Å²) in [6.45, 7) is 4.61. The van der Waals surface area contributed by atoms with Crippen LogP contribution in [0.4, 0.5) is 0 Å². The molecular formula is C23H26BrP. The van der Waals surface area contributed by atoms with E-state index in [1.165, 1.54) is 16.7 Å². The highest BCUT2D eigenvalue weighted by Crippen LogP contribution is 2.52. The number of rotatable bonds is 5. The second-order valence-corrected chi connectivity index (χ2v) is 7.83. The van der Waals surface area contributed by atoms with Gasteiger partial charge in [-0.05, 0) is 22.6 Å². The van der Waals surface area contributed by atoms with Gasteiger partial charge in [-0.15, -0.1) is 0 Å². The van der Waals surface area contributed by atoms with Crippen LogP contribution in [0.25, 0.3) is 0 Å². The van der Waals surface area contributed by atoms with E-state index < -0.39 is 0 Å². The standard InChI is InChI=1S/C23H23Br.H3P/c1-18(2)22(19-12-6-3-7-13-19)23(24,20-14-8-4-9-15-20)21-16-10-5-11-17-21;/h3-18,22H,1-2H3;1H3. The van der Waals surface area contributed by atoms with Crippen LogP contribution in [0.2, 0.25) is 0 Å². The minimum atomic E-state index is -0.259. The van der Waals surface area contributed by atoms with Gasteiger partial charge < -0.3 is 0 Å². The van der Waals surface area contributed by atoms with Crippen molar-refractivity contribution in [2.75, 3.05) is 0 Å². The van der Waals surface area contributed by atoms with Crippen LogP contribution >= 0.6 is 25.8 Å². The number of hydrogen-bond acceptors (Lipinski definition) is 0. The molecule has 0 heterocycles. The van der Waals surface area contributed by atoms with Crippen molar-refractivity contribution >= 4 is 25.8 Å². The zero-order valence-corrected chi connectivity index (χ0v) is 17.9. The predicted octanol–water partition coefficient (Wildman–Crippen LogP) is 6.82. The fourth-order valence-electron chi connectivity index (χ4n) is 3.62. The van der Waals surface area contributed by atoms with Crippen molar-refractivity contribution < 1.29 is 0 Å². The van der Waals surface area contributed by atoms with Crippen LogP contribution in [0.15, 0.2) is 91.0 Å². The van der Waals surface area contributed by atoms with Gasteiger partial charge in [0, 0.05) is 5.92 Å². The average Bonchev–Trinajstić information content (AvgIpc) is 2.64. The highest BCUT2D eigenvalue weighted by molar-refractivity contribution is 9.09. The van der Waals surface area contributed by atoms with E-state index >= 15 is 0 Å². The highest BCUT2D eigenvalue weighted by atomic mass is 79.9. The van der Waals surface area contributed by atoms with Crippen LogP contribution in [-0.2, 0) is 4.32 Å². The molecule has 25 heavy (non-hydrogen) atoms. The molecule has 0 bridgehead atoms. The average molecular weight is 413 g/mol. The zero-order valence-electron chi connectivity index (χ0n) is 14.9. The molecule has 3 rings (SSSR count). The molecule has 0 fully saturated rings. The Balaban J connectivity index is 0.00000225. The fraction of sp³-hybridized carbons (Fsp3) is 0.217. The maximum absolute atomic E-state index is 4.21. The van der Waals surface area contributed by atoms with Gasteiger partial charge in [-0.25, -0.2) is 0 Å². The molecule has 0 aromatic heterocycles. The van der Waals surface area contributed by atoms with Gasteiger partial charge in [0.2, 0.25) is 0 Å². The Morgan fingerprint density at radius 1 is 0.640 bits per heavy atom. The number of hydrogen-bond donors (Lipinski definition) is 0. The summed E-state index contributed by atoms with van der Waals surface area (Å²) in [6.07, 6.45) is 0. The van der Waals surface area contributed by atoms with Gasteiger partial charge in [0.05, 0.1) is 4.32 Å². The first kappa shape index (κ1) is 19.9. The molecule has 0 N–H and O–H groups in total. The first-order valence-corrected chi connectivity index (χ1v) is 9.28. The molecule has 2 unspecified atom stereocenters. The summed E-state index contributed by atoms with van der Waals surface area (Å²) >= 11 is 4.21. The smallest absolute Gasteiger partial charge is 0.0825 e. The van der Waals surface area contributed by atoms with Crippen LogP contribution in [0.3, 0.4) is 0 Å². The molecular weight excluding hydrogens is 387 g/mol. The molecule has 0 radical (unpaired) electrons. The summed E-state index contributed by atoms with van der Waals surface area (Å²) in [6, 6.07) is 32.4. The third-order valence-electron chi connectivity index (χ3n) is 4.64. The van der Waals surface area contributed by atoms with Gasteiger partial charge in [0.25, 0.3) is 0 Å².